The molecule has 0 spiro atoms. The van der Waals surface area contributed by atoms with E-state index in [1.165, 1.54) is 6.42 Å². The van der Waals surface area contributed by atoms with Crippen LogP contribution in [-0.2, 0) is 0 Å². The summed E-state index contributed by atoms with van der Waals surface area (Å²) in [6, 6.07) is 1.47. The van der Waals surface area contributed by atoms with Crippen LogP contribution in [0.25, 0.3) is 6.08 Å². The molecule has 0 atom stereocenters. The zero-order valence-corrected chi connectivity index (χ0v) is 10.8. The summed E-state index contributed by atoms with van der Waals surface area (Å²) in [7, 11) is 0. The fourth-order valence-corrected chi connectivity index (χ4v) is 2.67. The average molecular weight is 269 g/mol. The quantitative estimate of drug-likeness (QED) is 0.824. The minimum Gasteiger partial charge on any atom is -0.327 e. The predicted molar refractivity (Wildman–Crippen MR) is 69.9 cm³/mol. The summed E-state index contributed by atoms with van der Waals surface area (Å²) < 4.78 is 39.6. The van der Waals surface area contributed by atoms with Crippen molar-refractivity contribution in [3.05, 3.63) is 40.7 Å². The van der Waals surface area contributed by atoms with Gasteiger partial charge in [0.15, 0.2) is 11.6 Å². The van der Waals surface area contributed by atoms with Gasteiger partial charge in [0.2, 0.25) is 0 Å². The van der Waals surface area contributed by atoms with E-state index in [0.29, 0.717) is 18.5 Å². The van der Waals surface area contributed by atoms with E-state index >= 15 is 0 Å². The molecular formula is C15H18F3N. The fourth-order valence-electron chi connectivity index (χ4n) is 2.67. The summed E-state index contributed by atoms with van der Waals surface area (Å²) in [4.78, 5) is 0. The molecule has 1 aliphatic carbocycles. The maximum atomic E-state index is 13.6. The molecular weight excluding hydrogens is 251 g/mol. The standard InChI is InChI=1S/C15H18F3N/c16-13-8-15(18)14(17)7-11(13)6-12(9-19)10-4-2-1-3-5-10/h6-8,10H,1-5,9,19H2/b12-6-. The molecule has 1 nitrogen and oxygen atoms in total. The van der Waals surface area contributed by atoms with Gasteiger partial charge in [-0.15, -0.1) is 0 Å². The largest absolute Gasteiger partial charge is 0.327 e. The Morgan fingerprint density at radius 2 is 1.68 bits per heavy atom. The van der Waals surface area contributed by atoms with Crippen LogP contribution >= 0.6 is 0 Å². The smallest absolute Gasteiger partial charge is 0.161 e. The zero-order valence-electron chi connectivity index (χ0n) is 10.8. The minimum absolute atomic E-state index is 0.0740. The van der Waals surface area contributed by atoms with E-state index in [2.05, 4.69) is 0 Å². The van der Waals surface area contributed by atoms with Crippen LogP contribution < -0.4 is 5.73 Å². The van der Waals surface area contributed by atoms with Crippen molar-refractivity contribution in [2.24, 2.45) is 11.7 Å². The summed E-state index contributed by atoms with van der Waals surface area (Å²) in [6.45, 7) is 0.323. The molecule has 1 saturated carbocycles. The van der Waals surface area contributed by atoms with Gasteiger partial charge in [0.05, 0.1) is 0 Å². The van der Waals surface area contributed by atoms with Gasteiger partial charge in [-0.2, -0.15) is 0 Å². The van der Waals surface area contributed by atoms with Crippen molar-refractivity contribution < 1.29 is 13.2 Å². The van der Waals surface area contributed by atoms with E-state index < -0.39 is 17.5 Å². The number of halogens is 3. The molecule has 0 heterocycles. The molecule has 0 saturated heterocycles. The van der Waals surface area contributed by atoms with Crippen LogP contribution in [0.15, 0.2) is 17.7 Å². The molecule has 2 rings (SSSR count). The molecule has 0 amide bonds. The third-order valence-corrected chi connectivity index (χ3v) is 3.75. The van der Waals surface area contributed by atoms with E-state index in [4.69, 9.17) is 5.73 Å². The monoisotopic (exact) mass is 269 g/mol. The van der Waals surface area contributed by atoms with Crippen LogP contribution in [0, 0.1) is 23.4 Å². The first-order valence-corrected chi connectivity index (χ1v) is 6.67. The van der Waals surface area contributed by atoms with Crippen molar-refractivity contribution >= 4 is 6.08 Å². The molecule has 0 radical (unpaired) electrons. The van der Waals surface area contributed by atoms with Gasteiger partial charge >= 0.3 is 0 Å². The number of hydrogen-bond donors (Lipinski definition) is 1. The summed E-state index contributed by atoms with van der Waals surface area (Å²) in [5.41, 5.74) is 6.71. The molecule has 2 N–H and O–H groups in total. The Morgan fingerprint density at radius 1 is 1.05 bits per heavy atom. The topological polar surface area (TPSA) is 26.0 Å². The van der Waals surface area contributed by atoms with Crippen molar-refractivity contribution in [1.29, 1.82) is 0 Å². The molecule has 0 aliphatic heterocycles. The lowest BCUT2D eigenvalue weighted by atomic mass is 9.83. The highest BCUT2D eigenvalue weighted by molar-refractivity contribution is 5.54. The number of benzene rings is 1. The highest BCUT2D eigenvalue weighted by Crippen LogP contribution is 2.30. The Hall–Kier alpha value is -1.29. The lowest BCUT2D eigenvalue weighted by molar-refractivity contribution is 0.401. The summed E-state index contributed by atoms with van der Waals surface area (Å²) in [6.07, 6.45) is 7.15. The third kappa shape index (κ3) is 3.38. The van der Waals surface area contributed by atoms with Crippen LogP contribution in [0.2, 0.25) is 0 Å². The molecule has 0 bridgehead atoms. The summed E-state index contributed by atoms with van der Waals surface area (Å²) in [5.74, 6) is -2.61. The molecule has 4 heteroatoms. The maximum Gasteiger partial charge on any atom is 0.161 e. The second kappa shape index (κ2) is 6.24. The Kier molecular flexibility index (Phi) is 4.64. The van der Waals surface area contributed by atoms with Gasteiger partial charge in [-0.25, -0.2) is 13.2 Å². The number of hydrogen-bond acceptors (Lipinski definition) is 1. The van der Waals surface area contributed by atoms with Crippen molar-refractivity contribution in [1.82, 2.24) is 0 Å². The van der Waals surface area contributed by atoms with Gasteiger partial charge in [0, 0.05) is 18.2 Å². The molecule has 1 aromatic carbocycles. The minimum atomic E-state index is -1.17. The number of rotatable bonds is 3. The Labute approximate surface area is 111 Å². The van der Waals surface area contributed by atoms with Crippen LogP contribution in [0.4, 0.5) is 13.2 Å². The van der Waals surface area contributed by atoms with E-state index in [1.807, 2.05) is 0 Å². The van der Waals surface area contributed by atoms with E-state index in [1.54, 1.807) is 6.08 Å². The van der Waals surface area contributed by atoms with Crippen molar-refractivity contribution in [3.8, 4) is 0 Å². The second-order valence-corrected chi connectivity index (χ2v) is 5.05. The summed E-state index contributed by atoms with van der Waals surface area (Å²) >= 11 is 0. The molecule has 1 aromatic rings. The van der Waals surface area contributed by atoms with E-state index in [0.717, 1.165) is 37.3 Å². The van der Waals surface area contributed by atoms with E-state index in [-0.39, 0.29) is 5.56 Å². The summed E-state index contributed by atoms with van der Waals surface area (Å²) in [5, 5.41) is 0. The maximum absolute atomic E-state index is 13.6. The van der Waals surface area contributed by atoms with Crippen molar-refractivity contribution in [3.63, 3.8) is 0 Å². The predicted octanol–water partition coefficient (Wildman–Crippen LogP) is 4.03. The normalized spacial score (nSPS) is 17.8. The number of nitrogens with two attached hydrogens (primary N) is 1. The molecule has 0 aromatic heterocycles. The Balaban J connectivity index is 2.28. The first-order valence-electron chi connectivity index (χ1n) is 6.67. The van der Waals surface area contributed by atoms with Gasteiger partial charge in [-0.3, -0.25) is 0 Å². The van der Waals surface area contributed by atoms with Crippen molar-refractivity contribution in [2.45, 2.75) is 32.1 Å². The molecule has 0 unspecified atom stereocenters. The van der Waals surface area contributed by atoms with Gasteiger partial charge in [-0.05, 0) is 24.8 Å². The highest BCUT2D eigenvalue weighted by Gasteiger charge is 2.18. The van der Waals surface area contributed by atoms with Crippen LogP contribution in [0.5, 0.6) is 0 Å². The Bertz CT molecular complexity index is 477. The van der Waals surface area contributed by atoms with Gasteiger partial charge in [0.25, 0.3) is 0 Å². The second-order valence-electron chi connectivity index (χ2n) is 5.05. The highest BCUT2D eigenvalue weighted by atomic mass is 19.2. The first kappa shape index (κ1) is 14.1. The third-order valence-electron chi connectivity index (χ3n) is 3.75. The van der Waals surface area contributed by atoms with Gasteiger partial charge < -0.3 is 5.73 Å². The molecule has 1 aliphatic rings. The average Bonchev–Trinajstić information content (AvgIpc) is 2.42. The lowest BCUT2D eigenvalue weighted by Gasteiger charge is -2.24. The van der Waals surface area contributed by atoms with Crippen LogP contribution in [0.3, 0.4) is 0 Å². The van der Waals surface area contributed by atoms with Gasteiger partial charge in [0.1, 0.15) is 5.82 Å². The molecule has 1 fully saturated rings. The fraction of sp³-hybridized carbons (Fsp3) is 0.467. The van der Waals surface area contributed by atoms with Crippen LogP contribution in [-0.4, -0.2) is 6.54 Å². The van der Waals surface area contributed by atoms with Crippen molar-refractivity contribution in [2.75, 3.05) is 6.54 Å². The first-order chi connectivity index (χ1) is 9.11. The SMILES string of the molecule is NC/C(=C/c1cc(F)c(F)cc1F)C1CCCCC1. The van der Waals surface area contributed by atoms with Gasteiger partial charge in [-0.1, -0.05) is 30.9 Å². The lowest BCUT2D eigenvalue weighted by Crippen LogP contribution is -2.16. The van der Waals surface area contributed by atoms with Crippen LogP contribution in [0.1, 0.15) is 37.7 Å². The van der Waals surface area contributed by atoms with E-state index in [9.17, 15) is 13.2 Å². The molecule has 19 heavy (non-hydrogen) atoms. The molecule has 104 valence electrons. The zero-order chi connectivity index (χ0) is 13.8. The Morgan fingerprint density at radius 3 is 2.32 bits per heavy atom.